The minimum absolute atomic E-state index is 0.0817. The van der Waals surface area contributed by atoms with Crippen molar-refractivity contribution in [1.29, 1.82) is 0 Å². The minimum atomic E-state index is -3.30. The summed E-state index contributed by atoms with van der Waals surface area (Å²) in [5.41, 5.74) is 4.58. The zero-order valence-corrected chi connectivity index (χ0v) is 17.3. The van der Waals surface area contributed by atoms with E-state index in [4.69, 9.17) is 20.0 Å². The molecule has 2 N–H and O–H groups in total. The van der Waals surface area contributed by atoms with E-state index in [0.29, 0.717) is 0 Å². The number of nitrogens with two attached hydrogens (primary N) is 1. The molecule has 0 aromatic carbocycles. The standard InChI is InChI=1S/C15H23N3O7S2/c1-9(12(19)24-15(2,3)4)25-18-11(10-8-26-14(16)17-10)13(20)23-6-7-27(5,21)22/h8-9H,6-7H2,1-5H3,(H2,16,17). The Morgan fingerprint density at radius 3 is 2.48 bits per heavy atom. The largest absolute Gasteiger partial charge is 0.460 e. The molecule has 12 heteroatoms. The molecule has 0 aliphatic carbocycles. The maximum atomic E-state index is 12.2. The van der Waals surface area contributed by atoms with E-state index < -0.39 is 33.5 Å². The highest BCUT2D eigenvalue weighted by atomic mass is 32.2. The van der Waals surface area contributed by atoms with Gasteiger partial charge in [-0.2, -0.15) is 0 Å². The molecule has 1 rings (SSSR count). The van der Waals surface area contributed by atoms with Crippen molar-refractivity contribution in [2.24, 2.45) is 5.16 Å². The van der Waals surface area contributed by atoms with Gasteiger partial charge in [0.1, 0.15) is 17.9 Å². The molecule has 1 aromatic heterocycles. The third-order valence-corrected chi connectivity index (χ3v) is 4.27. The van der Waals surface area contributed by atoms with Crippen molar-refractivity contribution in [3.63, 3.8) is 0 Å². The maximum absolute atomic E-state index is 12.2. The average molecular weight is 421 g/mol. The van der Waals surface area contributed by atoms with E-state index in [1.807, 2.05) is 0 Å². The fourth-order valence-electron chi connectivity index (χ4n) is 1.50. The van der Waals surface area contributed by atoms with Gasteiger partial charge in [-0.25, -0.2) is 23.0 Å². The smallest absolute Gasteiger partial charge is 0.362 e. The Labute approximate surface area is 161 Å². The highest BCUT2D eigenvalue weighted by Crippen LogP contribution is 2.14. The van der Waals surface area contributed by atoms with Gasteiger partial charge in [0.05, 0.1) is 5.75 Å². The van der Waals surface area contributed by atoms with Gasteiger partial charge in [0, 0.05) is 11.6 Å². The van der Waals surface area contributed by atoms with Crippen LogP contribution >= 0.6 is 11.3 Å². The second kappa shape index (κ2) is 9.13. The number of carbonyl (C=O) groups is 2. The van der Waals surface area contributed by atoms with Gasteiger partial charge in [0.15, 0.2) is 15.0 Å². The van der Waals surface area contributed by atoms with E-state index in [1.54, 1.807) is 20.8 Å². The number of rotatable bonds is 8. The lowest BCUT2D eigenvalue weighted by Crippen LogP contribution is -2.31. The number of nitrogen functional groups attached to an aromatic ring is 1. The van der Waals surface area contributed by atoms with Crippen LogP contribution < -0.4 is 5.73 Å². The molecule has 1 unspecified atom stereocenters. The van der Waals surface area contributed by atoms with E-state index in [-0.39, 0.29) is 28.9 Å². The second-order valence-corrected chi connectivity index (χ2v) is 9.71. The third kappa shape index (κ3) is 8.82. The van der Waals surface area contributed by atoms with Gasteiger partial charge in [-0.15, -0.1) is 11.3 Å². The quantitative estimate of drug-likeness (QED) is 0.365. The summed E-state index contributed by atoms with van der Waals surface area (Å²) in [6.45, 7) is 6.13. The maximum Gasteiger partial charge on any atom is 0.362 e. The summed E-state index contributed by atoms with van der Waals surface area (Å²) in [4.78, 5) is 33.1. The number of thiazole rings is 1. The summed E-state index contributed by atoms with van der Waals surface area (Å²) in [5, 5.41) is 5.29. The predicted octanol–water partition coefficient (Wildman–Crippen LogP) is 0.764. The van der Waals surface area contributed by atoms with Crippen molar-refractivity contribution in [3.8, 4) is 0 Å². The van der Waals surface area contributed by atoms with E-state index in [0.717, 1.165) is 17.6 Å². The molecule has 0 amide bonds. The normalized spacial score (nSPS) is 13.7. The van der Waals surface area contributed by atoms with Gasteiger partial charge in [-0.05, 0) is 27.7 Å². The number of oxime groups is 1. The summed E-state index contributed by atoms with van der Waals surface area (Å²) >= 11 is 1.06. The molecular formula is C15H23N3O7S2. The molecular weight excluding hydrogens is 398 g/mol. The molecule has 0 fully saturated rings. The molecule has 152 valence electrons. The van der Waals surface area contributed by atoms with Crippen molar-refractivity contribution < 1.29 is 32.3 Å². The average Bonchev–Trinajstić information content (AvgIpc) is 2.90. The molecule has 0 saturated heterocycles. The van der Waals surface area contributed by atoms with Crippen molar-refractivity contribution >= 4 is 44.0 Å². The first-order chi connectivity index (χ1) is 12.3. The summed E-state index contributed by atoms with van der Waals surface area (Å²) in [6, 6.07) is 0. The first-order valence-electron chi connectivity index (χ1n) is 7.81. The van der Waals surface area contributed by atoms with E-state index in [1.165, 1.54) is 12.3 Å². The molecule has 0 bridgehead atoms. The topological polar surface area (TPSA) is 147 Å². The Bertz CT molecular complexity index is 810. The van der Waals surface area contributed by atoms with Crippen LogP contribution in [0, 0.1) is 0 Å². The lowest BCUT2D eigenvalue weighted by atomic mass is 10.2. The number of sulfone groups is 1. The Morgan fingerprint density at radius 2 is 2.00 bits per heavy atom. The summed E-state index contributed by atoms with van der Waals surface area (Å²) in [5.74, 6) is -1.98. The van der Waals surface area contributed by atoms with E-state index in [9.17, 15) is 18.0 Å². The van der Waals surface area contributed by atoms with Crippen molar-refractivity contribution in [1.82, 2.24) is 4.98 Å². The van der Waals surface area contributed by atoms with Crippen LogP contribution in [0.2, 0.25) is 0 Å². The van der Waals surface area contributed by atoms with Gasteiger partial charge in [-0.1, -0.05) is 5.16 Å². The van der Waals surface area contributed by atoms with Gasteiger partial charge >= 0.3 is 11.9 Å². The lowest BCUT2D eigenvalue weighted by Gasteiger charge is -2.21. The zero-order valence-electron chi connectivity index (χ0n) is 15.7. The van der Waals surface area contributed by atoms with Gasteiger partial charge in [0.25, 0.3) is 0 Å². The van der Waals surface area contributed by atoms with Crippen LogP contribution in [-0.2, 0) is 33.7 Å². The molecule has 1 aromatic rings. The van der Waals surface area contributed by atoms with Crippen molar-refractivity contribution in [2.75, 3.05) is 24.3 Å². The summed E-state index contributed by atoms with van der Waals surface area (Å²) in [6.07, 6.45) is -0.0817. The van der Waals surface area contributed by atoms with Crippen LogP contribution in [0.5, 0.6) is 0 Å². The molecule has 1 atom stereocenters. The fourth-order valence-corrected chi connectivity index (χ4v) is 2.43. The molecule has 10 nitrogen and oxygen atoms in total. The highest BCUT2D eigenvalue weighted by molar-refractivity contribution is 7.90. The number of esters is 2. The predicted molar refractivity (Wildman–Crippen MR) is 100 cm³/mol. The second-order valence-electron chi connectivity index (χ2n) is 6.56. The first-order valence-corrected chi connectivity index (χ1v) is 10.8. The Hall–Kier alpha value is -2.21. The summed E-state index contributed by atoms with van der Waals surface area (Å²) in [7, 11) is -3.30. The van der Waals surface area contributed by atoms with Crippen LogP contribution in [0.25, 0.3) is 0 Å². The van der Waals surface area contributed by atoms with Crippen LogP contribution in [0.1, 0.15) is 33.4 Å². The van der Waals surface area contributed by atoms with E-state index >= 15 is 0 Å². The summed E-state index contributed by atoms with van der Waals surface area (Å²) < 4.78 is 32.3. The number of nitrogens with zero attached hydrogens (tertiary/aromatic N) is 2. The monoisotopic (exact) mass is 421 g/mol. The lowest BCUT2D eigenvalue weighted by molar-refractivity contribution is -0.167. The molecule has 0 aliphatic heterocycles. The first kappa shape index (κ1) is 22.8. The van der Waals surface area contributed by atoms with Gasteiger partial charge in [0.2, 0.25) is 11.8 Å². The molecule has 0 saturated carbocycles. The molecule has 0 aliphatic rings. The number of hydrogen-bond donors (Lipinski definition) is 1. The Kier molecular flexibility index (Phi) is 7.72. The number of aromatic nitrogens is 1. The Balaban J connectivity index is 2.90. The number of carbonyl (C=O) groups excluding carboxylic acids is 2. The minimum Gasteiger partial charge on any atom is -0.460 e. The van der Waals surface area contributed by atoms with Crippen LogP contribution in [0.3, 0.4) is 0 Å². The van der Waals surface area contributed by atoms with E-state index in [2.05, 4.69) is 10.1 Å². The Morgan fingerprint density at radius 1 is 1.37 bits per heavy atom. The molecule has 1 heterocycles. The van der Waals surface area contributed by atoms with Gasteiger partial charge in [-0.3, -0.25) is 0 Å². The van der Waals surface area contributed by atoms with Crippen LogP contribution in [0.4, 0.5) is 5.13 Å². The SMILES string of the molecule is CC(ON=C(C(=O)OCCS(C)(=O)=O)c1csc(N)n1)C(=O)OC(C)(C)C. The molecule has 0 spiro atoms. The fraction of sp³-hybridized carbons (Fsp3) is 0.600. The third-order valence-electron chi connectivity index (χ3n) is 2.69. The van der Waals surface area contributed by atoms with Crippen LogP contribution in [0.15, 0.2) is 10.5 Å². The number of ether oxygens (including phenoxy) is 2. The highest BCUT2D eigenvalue weighted by Gasteiger charge is 2.25. The number of anilines is 1. The molecule has 27 heavy (non-hydrogen) atoms. The van der Waals surface area contributed by atoms with Crippen molar-refractivity contribution in [3.05, 3.63) is 11.1 Å². The molecule has 0 radical (unpaired) electrons. The number of hydrogen-bond acceptors (Lipinski definition) is 11. The zero-order chi connectivity index (χ0) is 20.8. The van der Waals surface area contributed by atoms with Crippen molar-refractivity contribution in [2.45, 2.75) is 39.4 Å². The van der Waals surface area contributed by atoms with Crippen LogP contribution in [-0.4, -0.2) is 61.4 Å². The van der Waals surface area contributed by atoms with Gasteiger partial charge < -0.3 is 20.0 Å².